The van der Waals surface area contributed by atoms with Crippen molar-refractivity contribution in [3.63, 3.8) is 0 Å². The summed E-state index contributed by atoms with van der Waals surface area (Å²) in [5.41, 5.74) is 2.05. The fourth-order valence-electron chi connectivity index (χ4n) is 2.61. The molecule has 120 valence electrons. The van der Waals surface area contributed by atoms with Gasteiger partial charge < -0.3 is 9.05 Å². The van der Waals surface area contributed by atoms with E-state index in [-0.39, 0.29) is 0 Å². The average Bonchev–Trinajstić information content (AvgIpc) is 2.57. The minimum absolute atomic E-state index is 0.656. The van der Waals surface area contributed by atoms with Crippen LogP contribution >= 0.6 is 31.6 Å². The van der Waals surface area contributed by atoms with Gasteiger partial charge in [-0.1, -0.05) is 41.4 Å². The maximum absolute atomic E-state index is 6.22. The van der Waals surface area contributed by atoms with E-state index in [9.17, 15) is 0 Å². The molecule has 0 bridgehead atoms. The zero-order valence-electron chi connectivity index (χ0n) is 12.6. The molecule has 0 unspecified atom stereocenters. The molecule has 1 heterocycles. The molecule has 0 saturated carbocycles. The van der Waals surface area contributed by atoms with Gasteiger partial charge in [0.05, 0.1) is 5.30 Å². The van der Waals surface area contributed by atoms with E-state index >= 15 is 0 Å². The summed E-state index contributed by atoms with van der Waals surface area (Å²) in [6.45, 7) is 0. The van der Waals surface area contributed by atoms with Crippen molar-refractivity contribution >= 4 is 36.9 Å². The Balaban J connectivity index is 1.85. The Morgan fingerprint density at radius 3 is 1.79 bits per heavy atom. The van der Waals surface area contributed by atoms with Crippen molar-refractivity contribution < 1.29 is 9.05 Å². The first-order valence-corrected chi connectivity index (χ1v) is 9.40. The second-order valence-electron chi connectivity index (χ2n) is 5.46. The van der Waals surface area contributed by atoms with E-state index in [2.05, 4.69) is 0 Å². The SMILES string of the molecule is Clc1ccc2c(c1)Cc1cc(Cl)ccc1OP(c1ccccc1)O2. The van der Waals surface area contributed by atoms with Crippen LogP contribution in [0.5, 0.6) is 11.5 Å². The Hall–Kier alpha value is -1.73. The molecule has 1 aliphatic rings. The summed E-state index contributed by atoms with van der Waals surface area (Å²) >= 11 is 12.3. The minimum atomic E-state index is -1.29. The molecule has 0 N–H and O–H groups in total. The standard InChI is InChI=1S/C19H13Cl2O2P/c20-15-6-8-18-13(11-15)10-14-12-16(21)7-9-19(14)23-24(22-18)17-4-2-1-3-5-17/h1-9,11-12H,10H2. The predicted octanol–water partition coefficient (Wildman–Crippen LogP) is 5.99. The lowest BCUT2D eigenvalue weighted by Gasteiger charge is -2.25. The number of hydrogen-bond acceptors (Lipinski definition) is 2. The molecule has 0 atom stereocenters. The van der Waals surface area contributed by atoms with Crippen LogP contribution in [0.2, 0.25) is 10.0 Å². The van der Waals surface area contributed by atoms with Crippen LogP contribution in [-0.2, 0) is 6.42 Å². The molecule has 0 amide bonds. The summed E-state index contributed by atoms with van der Waals surface area (Å²) < 4.78 is 12.4. The number of hydrogen-bond donors (Lipinski definition) is 0. The largest absolute Gasteiger partial charge is 0.435 e. The molecule has 0 spiro atoms. The molecular formula is C19H13Cl2O2P. The number of halogens is 2. The van der Waals surface area contributed by atoms with Gasteiger partial charge in [0, 0.05) is 27.6 Å². The van der Waals surface area contributed by atoms with E-state index in [0.29, 0.717) is 16.5 Å². The van der Waals surface area contributed by atoms with Crippen molar-refractivity contribution in [2.75, 3.05) is 0 Å². The molecule has 0 saturated heterocycles. The van der Waals surface area contributed by atoms with E-state index in [1.165, 1.54) is 0 Å². The zero-order valence-corrected chi connectivity index (χ0v) is 15.0. The first-order valence-electron chi connectivity index (χ1n) is 7.47. The molecule has 0 radical (unpaired) electrons. The topological polar surface area (TPSA) is 18.5 Å². The number of rotatable bonds is 1. The van der Waals surface area contributed by atoms with Crippen LogP contribution in [0, 0.1) is 0 Å². The van der Waals surface area contributed by atoms with Crippen LogP contribution in [-0.4, -0.2) is 0 Å². The van der Waals surface area contributed by atoms with Gasteiger partial charge in [0.25, 0.3) is 0 Å². The molecule has 24 heavy (non-hydrogen) atoms. The molecular weight excluding hydrogens is 362 g/mol. The van der Waals surface area contributed by atoms with E-state index < -0.39 is 8.38 Å². The first kappa shape index (κ1) is 15.8. The second kappa shape index (κ2) is 6.64. The van der Waals surface area contributed by atoms with Crippen molar-refractivity contribution in [3.05, 3.63) is 87.9 Å². The third kappa shape index (κ3) is 3.23. The van der Waals surface area contributed by atoms with Gasteiger partial charge in [-0.15, -0.1) is 0 Å². The fraction of sp³-hybridized carbons (Fsp3) is 0.0526. The molecule has 3 aromatic rings. The van der Waals surface area contributed by atoms with Crippen LogP contribution in [0.1, 0.15) is 11.1 Å². The van der Waals surface area contributed by atoms with Crippen LogP contribution in [0.4, 0.5) is 0 Å². The third-order valence-electron chi connectivity index (χ3n) is 3.76. The van der Waals surface area contributed by atoms with Gasteiger partial charge in [0.15, 0.2) is 0 Å². The van der Waals surface area contributed by atoms with Gasteiger partial charge in [-0.3, -0.25) is 0 Å². The fourth-order valence-corrected chi connectivity index (χ4v) is 4.37. The maximum Gasteiger partial charge on any atom is 0.326 e. The van der Waals surface area contributed by atoms with Crippen molar-refractivity contribution in [3.8, 4) is 11.5 Å². The van der Waals surface area contributed by atoms with E-state index in [4.69, 9.17) is 32.2 Å². The molecule has 3 aromatic carbocycles. The van der Waals surface area contributed by atoms with Gasteiger partial charge in [0.2, 0.25) is 0 Å². The average molecular weight is 375 g/mol. The normalized spacial score (nSPS) is 13.8. The molecule has 5 heteroatoms. The Morgan fingerprint density at radius 2 is 1.25 bits per heavy atom. The highest BCUT2D eigenvalue weighted by atomic mass is 35.5. The van der Waals surface area contributed by atoms with Gasteiger partial charge in [-0.2, -0.15) is 0 Å². The lowest BCUT2D eigenvalue weighted by molar-refractivity contribution is 0.488. The lowest BCUT2D eigenvalue weighted by atomic mass is 10.0. The van der Waals surface area contributed by atoms with Crippen LogP contribution in [0.25, 0.3) is 0 Å². The zero-order chi connectivity index (χ0) is 16.5. The van der Waals surface area contributed by atoms with Gasteiger partial charge in [0.1, 0.15) is 11.5 Å². The second-order valence-corrected chi connectivity index (χ2v) is 7.72. The van der Waals surface area contributed by atoms with Gasteiger partial charge in [-0.05, 0) is 48.5 Å². The monoisotopic (exact) mass is 374 g/mol. The van der Waals surface area contributed by atoms with E-state index in [1.807, 2.05) is 66.7 Å². The molecule has 0 aromatic heterocycles. The highest BCUT2D eigenvalue weighted by molar-refractivity contribution is 7.56. The Labute approximate surface area is 151 Å². The summed E-state index contributed by atoms with van der Waals surface area (Å²) in [5.74, 6) is 1.58. The summed E-state index contributed by atoms with van der Waals surface area (Å²) in [4.78, 5) is 0. The van der Waals surface area contributed by atoms with Crippen LogP contribution in [0.3, 0.4) is 0 Å². The summed E-state index contributed by atoms with van der Waals surface area (Å²) in [5, 5.41) is 2.38. The third-order valence-corrected chi connectivity index (χ3v) is 5.67. The van der Waals surface area contributed by atoms with Crippen molar-refractivity contribution in [2.45, 2.75) is 6.42 Å². The van der Waals surface area contributed by atoms with Gasteiger partial charge in [-0.25, -0.2) is 0 Å². The Kier molecular flexibility index (Phi) is 4.37. The first-order chi connectivity index (χ1) is 11.7. The Morgan fingerprint density at radius 1 is 0.708 bits per heavy atom. The van der Waals surface area contributed by atoms with E-state index in [1.54, 1.807) is 0 Å². The smallest absolute Gasteiger partial charge is 0.326 e. The molecule has 0 aliphatic carbocycles. The quantitative estimate of drug-likeness (QED) is 0.486. The van der Waals surface area contributed by atoms with Crippen molar-refractivity contribution in [1.29, 1.82) is 0 Å². The molecule has 2 nitrogen and oxygen atoms in total. The maximum atomic E-state index is 6.22. The summed E-state index contributed by atoms with van der Waals surface area (Å²) in [6.07, 6.45) is 0.656. The minimum Gasteiger partial charge on any atom is -0.435 e. The lowest BCUT2D eigenvalue weighted by Crippen LogP contribution is -2.13. The predicted molar refractivity (Wildman–Crippen MR) is 100.0 cm³/mol. The van der Waals surface area contributed by atoms with E-state index in [0.717, 1.165) is 27.9 Å². The highest BCUT2D eigenvalue weighted by Crippen LogP contribution is 2.45. The number of fused-ring (bicyclic) bond motifs is 2. The van der Waals surface area contributed by atoms with Crippen LogP contribution < -0.4 is 14.4 Å². The molecule has 0 fully saturated rings. The molecule has 1 aliphatic heterocycles. The highest BCUT2D eigenvalue weighted by Gasteiger charge is 2.24. The van der Waals surface area contributed by atoms with Gasteiger partial charge >= 0.3 is 8.38 Å². The molecule has 4 rings (SSSR count). The Bertz CT molecular complexity index is 830. The summed E-state index contributed by atoms with van der Waals surface area (Å²) in [7, 11) is -1.29. The number of benzene rings is 3. The van der Waals surface area contributed by atoms with Crippen LogP contribution in [0.15, 0.2) is 66.7 Å². The summed E-state index contributed by atoms with van der Waals surface area (Å²) in [6, 6.07) is 21.3. The van der Waals surface area contributed by atoms with Crippen molar-refractivity contribution in [1.82, 2.24) is 0 Å². The van der Waals surface area contributed by atoms with Crippen molar-refractivity contribution in [2.24, 2.45) is 0 Å².